The fraction of sp³-hybridized carbons (Fsp3) is 0.480. The van der Waals surface area contributed by atoms with Gasteiger partial charge in [-0.3, -0.25) is 4.99 Å². The lowest BCUT2D eigenvalue weighted by Crippen LogP contribution is -2.36. The van der Waals surface area contributed by atoms with Crippen LogP contribution in [0.25, 0.3) is 0 Å². The molecule has 2 aromatic carbocycles. The second-order valence-electron chi connectivity index (χ2n) is 8.32. The average Bonchev–Trinajstić information content (AvgIpc) is 2.73. The maximum absolute atomic E-state index is 5.95. The van der Waals surface area contributed by atoms with E-state index in [9.17, 15) is 0 Å². The second kappa shape index (κ2) is 9.93. The second-order valence-corrected chi connectivity index (χ2v) is 8.32. The molecule has 2 aromatic rings. The van der Waals surface area contributed by atoms with Gasteiger partial charge in [0.25, 0.3) is 0 Å². The normalized spacial score (nSPS) is 19.8. The van der Waals surface area contributed by atoms with Crippen molar-refractivity contribution in [1.29, 1.82) is 0 Å². The molecule has 2 atom stereocenters. The summed E-state index contributed by atoms with van der Waals surface area (Å²) in [5.41, 5.74) is 2.39. The molecule has 3 rings (SSSR count). The summed E-state index contributed by atoms with van der Waals surface area (Å²) in [6.07, 6.45) is 5.17. The number of rotatable bonds is 8. The molecule has 1 aliphatic heterocycles. The zero-order valence-corrected chi connectivity index (χ0v) is 18.1. The summed E-state index contributed by atoms with van der Waals surface area (Å²) in [5.74, 6) is 2.58. The standard InChI is InChI=1S/C25H33NO3/c1-25(2)17-21(13-15-29-25)22(20-8-6-5-7-9-20)12-14-26-18-19-10-11-23(27-3)24(16-19)28-4/h5-11,16,18,21-22H,12-15,17H2,1-4H3/t21-,22-/m0/s1. The van der Waals surface area contributed by atoms with E-state index in [0.717, 1.165) is 49.5 Å². The molecule has 0 spiro atoms. The van der Waals surface area contributed by atoms with Gasteiger partial charge in [-0.15, -0.1) is 0 Å². The first-order valence-electron chi connectivity index (χ1n) is 10.4. The van der Waals surface area contributed by atoms with Crippen LogP contribution < -0.4 is 9.47 Å². The van der Waals surface area contributed by atoms with Crippen molar-refractivity contribution in [3.8, 4) is 11.5 Å². The van der Waals surface area contributed by atoms with E-state index in [1.165, 1.54) is 5.56 Å². The number of methoxy groups -OCH3 is 2. The monoisotopic (exact) mass is 395 g/mol. The molecule has 4 nitrogen and oxygen atoms in total. The Morgan fingerprint density at radius 2 is 1.86 bits per heavy atom. The Balaban J connectivity index is 1.68. The number of hydrogen-bond donors (Lipinski definition) is 0. The highest BCUT2D eigenvalue weighted by molar-refractivity contribution is 5.80. The predicted molar refractivity (Wildman–Crippen MR) is 119 cm³/mol. The average molecular weight is 396 g/mol. The Hall–Kier alpha value is -2.33. The Labute approximate surface area is 174 Å². The van der Waals surface area contributed by atoms with E-state index in [0.29, 0.717) is 11.8 Å². The van der Waals surface area contributed by atoms with Crippen LogP contribution in [-0.2, 0) is 4.74 Å². The van der Waals surface area contributed by atoms with Crippen LogP contribution in [0.4, 0.5) is 0 Å². The van der Waals surface area contributed by atoms with Crippen LogP contribution in [0, 0.1) is 5.92 Å². The summed E-state index contributed by atoms with van der Waals surface area (Å²) in [6.45, 7) is 6.05. The molecule has 0 bridgehead atoms. The van der Waals surface area contributed by atoms with Gasteiger partial charge in [-0.25, -0.2) is 0 Å². The Morgan fingerprint density at radius 3 is 2.55 bits per heavy atom. The van der Waals surface area contributed by atoms with Crippen molar-refractivity contribution in [2.45, 2.75) is 44.6 Å². The van der Waals surface area contributed by atoms with Crippen molar-refractivity contribution >= 4 is 6.21 Å². The maximum atomic E-state index is 5.95. The summed E-state index contributed by atoms with van der Waals surface area (Å²) < 4.78 is 16.6. The van der Waals surface area contributed by atoms with Crippen LogP contribution in [-0.4, -0.2) is 39.2 Å². The number of hydrogen-bond acceptors (Lipinski definition) is 4. The lowest BCUT2D eigenvalue weighted by molar-refractivity contribution is -0.0771. The Morgan fingerprint density at radius 1 is 1.10 bits per heavy atom. The molecule has 0 saturated carbocycles. The van der Waals surface area contributed by atoms with Crippen LogP contribution in [0.1, 0.15) is 50.2 Å². The molecule has 1 fully saturated rings. The third-order valence-corrected chi connectivity index (χ3v) is 5.75. The largest absolute Gasteiger partial charge is 0.493 e. The van der Waals surface area contributed by atoms with Crippen molar-refractivity contribution < 1.29 is 14.2 Å². The van der Waals surface area contributed by atoms with E-state index in [1.54, 1.807) is 14.2 Å². The van der Waals surface area contributed by atoms with Gasteiger partial charge in [0.05, 0.1) is 19.8 Å². The molecule has 4 heteroatoms. The van der Waals surface area contributed by atoms with Crippen molar-refractivity contribution in [3.63, 3.8) is 0 Å². The van der Waals surface area contributed by atoms with E-state index < -0.39 is 0 Å². The minimum Gasteiger partial charge on any atom is -0.493 e. The number of nitrogens with zero attached hydrogens (tertiary/aromatic N) is 1. The molecule has 0 amide bonds. The number of benzene rings is 2. The minimum absolute atomic E-state index is 0.0428. The summed E-state index contributed by atoms with van der Waals surface area (Å²) in [4.78, 5) is 4.72. The van der Waals surface area contributed by atoms with Crippen molar-refractivity contribution in [3.05, 3.63) is 59.7 Å². The summed E-state index contributed by atoms with van der Waals surface area (Å²) in [5, 5.41) is 0. The minimum atomic E-state index is -0.0428. The summed E-state index contributed by atoms with van der Waals surface area (Å²) >= 11 is 0. The van der Waals surface area contributed by atoms with E-state index in [1.807, 2.05) is 24.4 Å². The van der Waals surface area contributed by atoms with Crippen molar-refractivity contribution in [2.75, 3.05) is 27.4 Å². The van der Waals surface area contributed by atoms with Crippen LogP contribution >= 0.6 is 0 Å². The molecule has 0 radical (unpaired) electrons. The molecule has 0 N–H and O–H groups in total. The highest BCUT2D eigenvalue weighted by atomic mass is 16.5. The van der Waals surface area contributed by atoms with E-state index >= 15 is 0 Å². The lowest BCUT2D eigenvalue weighted by Gasteiger charge is -2.39. The quantitative estimate of drug-likeness (QED) is 0.554. The van der Waals surface area contributed by atoms with Crippen LogP contribution in [0.3, 0.4) is 0 Å². The van der Waals surface area contributed by atoms with Gasteiger partial charge in [-0.2, -0.15) is 0 Å². The van der Waals surface area contributed by atoms with Crippen molar-refractivity contribution in [2.24, 2.45) is 10.9 Å². The molecule has 29 heavy (non-hydrogen) atoms. The first kappa shape index (κ1) is 21.4. The first-order chi connectivity index (χ1) is 14.0. The van der Waals surface area contributed by atoms with E-state index in [2.05, 4.69) is 44.2 Å². The summed E-state index contributed by atoms with van der Waals surface area (Å²) in [6, 6.07) is 16.7. The van der Waals surface area contributed by atoms with E-state index in [-0.39, 0.29) is 5.60 Å². The molecular formula is C25H33NO3. The third kappa shape index (κ3) is 5.83. The molecule has 1 saturated heterocycles. The molecule has 0 aliphatic carbocycles. The van der Waals surface area contributed by atoms with Gasteiger partial charge >= 0.3 is 0 Å². The number of ether oxygens (including phenoxy) is 3. The van der Waals surface area contributed by atoms with Gasteiger partial charge in [0.15, 0.2) is 11.5 Å². The smallest absolute Gasteiger partial charge is 0.161 e. The fourth-order valence-electron chi connectivity index (χ4n) is 4.31. The fourth-order valence-corrected chi connectivity index (χ4v) is 4.31. The van der Waals surface area contributed by atoms with Gasteiger partial charge in [0.2, 0.25) is 0 Å². The molecule has 1 aliphatic rings. The van der Waals surface area contributed by atoms with Gasteiger partial charge < -0.3 is 14.2 Å². The zero-order chi connectivity index (χ0) is 20.7. The summed E-state index contributed by atoms with van der Waals surface area (Å²) in [7, 11) is 3.30. The zero-order valence-electron chi connectivity index (χ0n) is 18.1. The molecule has 0 aromatic heterocycles. The highest BCUT2D eigenvalue weighted by Gasteiger charge is 2.33. The van der Waals surface area contributed by atoms with Crippen LogP contribution in [0.5, 0.6) is 11.5 Å². The third-order valence-electron chi connectivity index (χ3n) is 5.75. The topological polar surface area (TPSA) is 40.0 Å². The predicted octanol–water partition coefficient (Wildman–Crippen LogP) is 5.50. The van der Waals surface area contributed by atoms with Crippen LogP contribution in [0.15, 0.2) is 53.5 Å². The van der Waals surface area contributed by atoms with Crippen LogP contribution in [0.2, 0.25) is 0 Å². The first-order valence-corrected chi connectivity index (χ1v) is 10.4. The Bertz CT molecular complexity index is 801. The number of aliphatic imine (C=N–C) groups is 1. The lowest BCUT2D eigenvalue weighted by atomic mass is 9.75. The molecule has 156 valence electrons. The van der Waals surface area contributed by atoms with Gasteiger partial charge in [-0.1, -0.05) is 30.3 Å². The molecule has 0 unspecified atom stereocenters. The maximum Gasteiger partial charge on any atom is 0.161 e. The molecule has 1 heterocycles. The Kier molecular flexibility index (Phi) is 7.32. The van der Waals surface area contributed by atoms with Gasteiger partial charge in [0.1, 0.15) is 0 Å². The van der Waals surface area contributed by atoms with Gasteiger partial charge in [-0.05, 0) is 74.3 Å². The van der Waals surface area contributed by atoms with Crippen molar-refractivity contribution in [1.82, 2.24) is 0 Å². The van der Waals surface area contributed by atoms with Gasteiger partial charge in [0, 0.05) is 19.4 Å². The van der Waals surface area contributed by atoms with E-state index in [4.69, 9.17) is 19.2 Å². The SMILES string of the molecule is COc1ccc(C=NCC[C@@H](c2ccccc2)[C@H]2CCOC(C)(C)C2)cc1OC. The highest BCUT2D eigenvalue weighted by Crippen LogP contribution is 2.40. The molecular weight excluding hydrogens is 362 g/mol.